The molecule has 0 bridgehead atoms. The summed E-state index contributed by atoms with van der Waals surface area (Å²) in [5.74, 6) is 0.178. The van der Waals surface area contributed by atoms with Crippen LogP contribution in [0, 0.1) is 13.8 Å². The van der Waals surface area contributed by atoms with E-state index < -0.39 is 0 Å². The smallest absolute Gasteiger partial charge is 0.338 e. The number of hydrogen-bond donors (Lipinski definition) is 2. The van der Waals surface area contributed by atoms with Crippen LogP contribution in [0.4, 0.5) is 11.4 Å². The fourth-order valence-electron chi connectivity index (χ4n) is 2.53. The van der Waals surface area contributed by atoms with Crippen LogP contribution in [-0.2, 0) is 14.3 Å². The lowest BCUT2D eigenvalue weighted by Gasteiger charge is -2.10. The van der Waals surface area contributed by atoms with Gasteiger partial charge >= 0.3 is 5.97 Å². The maximum atomic E-state index is 12.1. The fourth-order valence-corrected chi connectivity index (χ4v) is 3.26. The Balaban J connectivity index is 1.69. The molecule has 0 aliphatic carbocycles. The van der Waals surface area contributed by atoms with Gasteiger partial charge in [-0.05, 0) is 62.2 Å². The molecule has 0 heterocycles. The second-order valence-corrected chi connectivity index (χ2v) is 7.55. The summed E-state index contributed by atoms with van der Waals surface area (Å²) in [5, 5.41) is 5.68. The van der Waals surface area contributed by atoms with Gasteiger partial charge in [0.2, 0.25) is 11.8 Å². The molecule has 0 spiro atoms. The van der Waals surface area contributed by atoms with E-state index in [-0.39, 0.29) is 23.5 Å². The summed E-state index contributed by atoms with van der Waals surface area (Å²) < 4.78 is 4.92. The molecule has 154 valence electrons. The number of carbonyl (C=O) groups excluding carboxylic acids is 3. The van der Waals surface area contributed by atoms with E-state index in [0.29, 0.717) is 30.0 Å². The predicted octanol–water partition coefficient (Wildman–Crippen LogP) is 4.18. The van der Waals surface area contributed by atoms with Gasteiger partial charge < -0.3 is 15.4 Å². The molecule has 0 saturated carbocycles. The van der Waals surface area contributed by atoms with Crippen LogP contribution in [0.1, 0.15) is 34.8 Å². The molecule has 2 aromatic carbocycles. The SMILES string of the molecule is CCOC(=O)c1ccc(NC(=O)CSCCC(=O)Nc2cccc(C)c2C)cc1. The highest BCUT2D eigenvalue weighted by molar-refractivity contribution is 7.99. The highest BCUT2D eigenvalue weighted by Gasteiger charge is 2.09. The van der Waals surface area contributed by atoms with Crippen LogP contribution >= 0.6 is 11.8 Å². The molecule has 2 aromatic rings. The molecule has 0 unspecified atom stereocenters. The molecule has 0 radical (unpaired) electrons. The number of esters is 1. The van der Waals surface area contributed by atoms with Crippen LogP contribution in [-0.4, -0.2) is 35.9 Å². The molecule has 2 amide bonds. The van der Waals surface area contributed by atoms with Gasteiger partial charge in [-0.25, -0.2) is 4.79 Å². The molecule has 7 heteroatoms. The van der Waals surface area contributed by atoms with Crippen molar-refractivity contribution < 1.29 is 19.1 Å². The topological polar surface area (TPSA) is 84.5 Å². The third-order valence-electron chi connectivity index (χ3n) is 4.27. The van der Waals surface area contributed by atoms with Crippen LogP contribution in [0.5, 0.6) is 0 Å². The largest absolute Gasteiger partial charge is 0.462 e. The van der Waals surface area contributed by atoms with E-state index in [1.165, 1.54) is 11.8 Å². The molecular weight excluding hydrogens is 388 g/mol. The first-order valence-electron chi connectivity index (χ1n) is 9.41. The molecule has 6 nitrogen and oxygen atoms in total. The predicted molar refractivity (Wildman–Crippen MR) is 118 cm³/mol. The lowest BCUT2D eigenvalue weighted by atomic mass is 10.1. The quantitative estimate of drug-likeness (QED) is 0.475. The lowest BCUT2D eigenvalue weighted by Crippen LogP contribution is -2.16. The maximum Gasteiger partial charge on any atom is 0.338 e. The Bertz CT molecular complexity index is 866. The Hall–Kier alpha value is -2.80. The first-order chi connectivity index (χ1) is 13.9. The van der Waals surface area contributed by atoms with Crippen LogP contribution in [0.25, 0.3) is 0 Å². The summed E-state index contributed by atoms with van der Waals surface area (Å²) in [6, 6.07) is 12.3. The molecule has 0 aliphatic heterocycles. The van der Waals surface area contributed by atoms with Crippen LogP contribution < -0.4 is 10.6 Å². The van der Waals surface area contributed by atoms with E-state index in [9.17, 15) is 14.4 Å². The van der Waals surface area contributed by atoms with Crippen LogP contribution in [0.2, 0.25) is 0 Å². The molecule has 0 saturated heterocycles. The van der Waals surface area contributed by atoms with Crippen LogP contribution in [0.3, 0.4) is 0 Å². The minimum Gasteiger partial charge on any atom is -0.462 e. The third-order valence-corrected chi connectivity index (χ3v) is 5.22. The summed E-state index contributed by atoms with van der Waals surface area (Å²) in [6.45, 7) is 6.04. The lowest BCUT2D eigenvalue weighted by molar-refractivity contribution is -0.116. The summed E-state index contributed by atoms with van der Waals surface area (Å²) in [7, 11) is 0. The number of benzene rings is 2. The molecule has 0 aliphatic rings. The van der Waals surface area contributed by atoms with E-state index in [0.717, 1.165) is 16.8 Å². The van der Waals surface area contributed by atoms with Crippen molar-refractivity contribution in [3.8, 4) is 0 Å². The number of amides is 2. The molecule has 2 rings (SSSR count). The van der Waals surface area contributed by atoms with Crippen molar-refractivity contribution in [3.63, 3.8) is 0 Å². The molecule has 2 N–H and O–H groups in total. The van der Waals surface area contributed by atoms with Gasteiger partial charge in [0.15, 0.2) is 0 Å². The Morgan fingerprint density at radius 1 is 0.966 bits per heavy atom. The van der Waals surface area contributed by atoms with Gasteiger partial charge in [0.05, 0.1) is 17.9 Å². The third kappa shape index (κ3) is 7.27. The average molecular weight is 415 g/mol. The highest BCUT2D eigenvalue weighted by Crippen LogP contribution is 2.18. The standard InChI is InChI=1S/C22H26N2O4S/c1-4-28-22(27)17-8-10-18(11-9-17)23-21(26)14-29-13-12-20(25)24-19-7-5-6-15(2)16(19)3/h5-11H,4,12-14H2,1-3H3,(H,23,26)(H,24,25). The van der Waals surface area contributed by atoms with E-state index in [1.807, 2.05) is 32.0 Å². The minimum absolute atomic E-state index is 0.0684. The highest BCUT2D eigenvalue weighted by atomic mass is 32.2. The number of hydrogen-bond acceptors (Lipinski definition) is 5. The zero-order valence-corrected chi connectivity index (χ0v) is 17.7. The number of carbonyl (C=O) groups is 3. The van der Waals surface area contributed by atoms with E-state index in [1.54, 1.807) is 31.2 Å². The second kappa shape index (κ2) is 11.3. The second-order valence-electron chi connectivity index (χ2n) is 6.44. The van der Waals surface area contributed by atoms with Crippen molar-refractivity contribution in [2.45, 2.75) is 27.2 Å². The Morgan fingerprint density at radius 2 is 1.69 bits per heavy atom. The van der Waals surface area contributed by atoms with Crippen molar-refractivity contribution in [2.24, 2.45) is 0 Å². The van der Waals surface area contributed by atoms with Crippen molar-refractivity contribution in [3.05, 3.63) is 59.2 Å². The van der Waals surface area contributed by atoms with Gasteiger partial charge in [-0.15, -0.1) is 0 Å². The normalized spacial score (nSPS) is 10.3. The number of aryl methyl sites for hydroxylation is 1. The summed E-state index contributed by atoms with van der Waals surface area (Å²) >= 11 is 1.39. The number of rotatable bonds is 9. The molecule has 0 fully saturated rings. The molecule has 0 aromatic heterocycles. The fraction of sp³-hybridized carbons (Fsp3) is 0.318. The first kappa shape index (κ1) is 22.5. The average Bonchev–Trinajstić information content (AvgIpc) is 2.69. The van der Waals surface area contributed by atoms with E-state index in [4.69, 9.17) is 4.74 Å². The summed E-state index contributed by atoms with van der Waals surface area (Å²) in [4.78, 5) is 35.7. The number of anilines is 2. The maximum absolute atomic E-state index is 12.1. The van der Waals surface area contributed by atoms with E-state index >= 15 is 0 Å². The Labute approximate surface area is 175 Å². The first-order valence-corrected chi connectivity index (χ1v) is 10.6. The van der Waals surface area contributed by atoms with Gasteiger partial charge in [0.1, 0.15) is 0 Å². The van der Waals surface area contributed by atoms with Gasteiger partial charge in [-0.1, -0.05) is 12.1 Å². The van der Waals surface area contributed by atoms with Gasteiger partial charge in [-0.2, -0.15) is 11.8 Å². The van der Waals surface area contributed by atoms with E-state index in [2.05, 4.69) is 10.6 Å². The summed E-state index contributed by atoms with van der Waals surface area (Å²) in [5.41, 5.74) is 4.06. The van der Waals surface area contributed by atoms with Gasteiger partial charge in [0, 0.05) is 23.5 Å². The Morgan fingerprint density at radius 3 is 2.38 bits per heavy atom. The Kier molecular flexibility index (Phi) is 8.73. The van der Waals surface area contributed by atoms with Crippen molar-refractivity contribution in [1.82, 2.24) is 0 Å². The van der Waals surface area contributed by atoms with Crippen molar-refractivity contribution in [1.29, 1.82) is 0 Å². The van der Waals surface area contributed by atoms with Crippen molar-refractivity contribution >= 4 is 40.9 Å². The molecule has 0 atom stereocenters. The summed E-state index contributed by atoms with van der Waals surface area (Å²) in [6.07, 6.45) is 0.333. The number of nitrogens with one attached hydrogen (secondary N) is 2. The molecular formula is C22H26N2O4S. The van der Waals surface area contributed by atoms with Gasteiger partial charge in [0.25, 0.3) is 0 Å². The number of ether oxygens (including phenoxy) is 1. The van der Waals surface area contributed by atoms with Crippen LogP contribution in [0.15, 0.2) is 42.5 Å². The monoisotopic (exact) mass is 414 g/mol. The zero-order valence-electron chi connectivity index (χ0n) is 16.9. The number of thioether (sulfide) groups is 1. The molecule has 29 heavy (non-hydrogen) atoms. The van der Waals surface area contributed by atoms with Gasteiger partial charge in [-0.3, -0.25) is 9.59 Å². The minimum atomic E-state index is -0.389. The zero-order chi connectivity index (χ0) is 21.2. The van der Waals surface area contributed by atoms with Crippen molar-refractivity contribution in [2.75, 3.05) is 28.7 Å².